The summed E-state index contributed by atoms with van der Waals surface area (Å²) in [5.41, 5.74) is 1.26. The highest BCUT2D eigenvalue weighted by molar-refractivity contribution is 5.26. The highest BCUT2D eigenvalue weighted by Crippen LogP contribution is 2.31. The second kappa shape index (κ2) is 8.38. The van der Waals surface area contributed by atoms with Gasteiger partial charge in [-0.15, -0.1) is 0 Å². The summed E-state index contributed by atoms with van der Waals surface area (Å²) in [7, 11) is 0. The minimum absolute atomic E-state index is 0.193. The number of hydrogen-bond donors (Lipinski definition) is 1. The van der Waals surface area contributed by atoms with Gasteiger partial charge in [0, 0.05) is 12.2 Å². The smallest absolute Gasteiger partial charge is 0.138 e. The molecule has 1 saturated carbocycles. The summed E-state index contributed by atoms with van der Waals surface area (Å²) in [5, 5.41) is 3.61. The Labute approximate surface area is 129 Å². The van der Waals surface area contributed by atoms with Crippen LogP contribution in [0.25, 0.3) is 0 Å². The summed E-state index contributed by atoms with van der Waals surface area (Å²) < 4.78 is 5.77. The molecular formula is C18H30N2O. The van der Waals surface area contributed by atoms with Crippen LogP contribution in [0, 0.1) is 5.92 Å². The van der Waals surface area contributed by atoms with E-state index in [1.54, 1.807) is 0 Å². The average Bonchev–Trinajstić information content (AvgIpc) is 2.96. The molecule has 1 aliphatic carbocycles. The lowest BCUT2D eigenvalue weighted by Gasteiger charge is -2.21. The Kier molecular flexibility index (Phi) is 6.50. The lowest BCUT2D eigenvalue weighted by atomic mass is 9.95. The van der Waals surface area contributed by atoms with Crippen molar-refractivity contribution in [3.05, 3.63) is 24.0 Å². The molecular weight excluding hydrogens is 260 g/mol. The van der Waals surface area contributed by atoms with Crippen molar-refractivity contribution >= 4 is 0 Å². The molecule has 1 heterocycles. The molecule has 1 fully saturated rings. The van der Waals surface area contributed by atoms with Crippen LogP contribution in [-0.4, -0.2) is 17.6 Å². The molecule has 118 valence electrons. The van der Waals surface area contributed by atoms with E-state index in [2.05, 4.69) is 37.1 Å². The van der Waals surface area contributed by atoms with Gasteiger partial charge in [-0.25, -0.2) is 0 Å². The second-order valence-corrected chi connectivity index (χ2v) is 6.46. The summed E-state index contributed by atoms with van der Waals surface area (Å²) >= 11 is 0. The predicted octanol–water partition coefficient (Wildman–Crippen LogP) is 4.49. The van der Waals surface area contributed by atoms with E-state index in [0.717, 1.165) is 18.2 Å². The zero-order valence-electron chi connectivity index (χ0n) is 13.8. The highest BCUT2D eigenvalue weighted by Gasteiger charge is 2.18. The van der Waals surface area contributed by atoms with Crippen LogP contribution in [0.3, 0.4) is 0 Å². The fourth-order valence-corrected chi connectivity index (χ4v) is 3.30. The first kappa shape index (κ1) is 16.3. The topological polar surface area (TPSA) is 34.2 Å². The molecule has 1 N–H and O–H groups in total. The van der Waals surface area contributed by atoms with Crippen LogP contribution < -0.4 is 10.1 Å². The van der Waals surface area contributed by atoms with Crippen molar-refractivity contribution in [2.75, 3.05) is 6.54 Å². The van der Waals surface area contributed by atoms with Crippen molar-refractivity contribution in [1.29, 1.82) is 0 Å². The van der Waals surface area contributed by atoms with Gasteiger partial charge in [0.1, 0.15) is 5.75 Å². The number of pyridine rings is 1. The molecule has 3 nitrogen and oxygen atoms in total. The molecule has 0 bridgehead atoms. The van der Waals surface area contributed by atoms with Crippen molar-refractivity contribution in [3.63, 3.8) is 0 Å². The molecule has 0 aromatic carbocycles. The first-order chi connectivity index (χ1) is 10.2. The molecule has 1 aromatic heterocycles. The molecule has 2 rings (SSSR count). The van der Waals surface area contributed by atoms with Crippen LogP contribution in [0.1, 0.15) is 70.9 Å². The summed E-state index contributed by atoms with van der Waals surface area (Å²) in [6.45, 7) is 7.26. The predicted molar refractivity (Wildman–Crippen MR) is 87.6 cm³/mol. The monoisotopic (exact) mass is 290 g/mol. The van der Waals surface area contributed by atoms with Gasteiger partial charge in [-0.05, 0) is 50.8 Å². The van der Waals surface area contributed by atoms with Crippen molar-refractivity contribution in [1.82, 2.24) is 10.3 Å². The molecule has 0 amide bonds. The van der Waals surface area contributed by atoms with Crippen molar-refractivity contribution in [3.8, 4) is 5.75 Å². The fraction of sp³-hybridized carbons (Fsp3) is 0.722. The van der Waals surface area contributed by atoms with Crippen molar-refractivity contribution in [2.24, 2.45) is 5.92 Å². The molecule has 3 heteroatoms. The zero-order chi connectivity index (χ0) is 15.1. The zero-order valence-corrected chi connectivity index (χ0v) is 13.8. The Hall–Kier alpha value is -1.09. The van der Waals surface area contributed by atoms with Gasteiger partial charge in [-0.1, -0.05) is 32.6 Å². The quantitative estimate of drug-likeness (QED) is 0.766. The van der Waals surface area contributed by atoms with Gasteiger partial charge in [-0.2, -0.15) is 0 Å². The summed E-state index contributed by atoms with van der Waals surface area (Å²) in [4.78, 5) is 4.36. The summed E-state index contributed by atoms with van der Waals surface area (Å²) in [6, 6.07) is 2.55. The van der Waals surface area contributed by atoms with Gasteiger partial charge in [0.15, 0.2) is 0 Å². The third-order valence-electron chi connectivity index (χ3n) is 4.30. The van der Waals surface area contributed by atoms with Crippen LogP contribution in [0.15, 0.2) is 18.5 Å². The lowest BCUT2D eigenvalue weighted by Crippen LogP contribution is -2.22. The Bertz CT molecular complexity index is 413. The van der Waals surface area contributed by atoms with E-state index in [0.29, 0.717) is 6.04 Å². The third kappa shape index (κ3) is 5.31. The molecule has 1 aromatic rings. The van der Waals surface area contributed by atoms with Crippen LogP contribution in [0.2, 0.25) is 0 Å². The normalized spacial score (nSPS) is 17.3. The van der Waals surface area contributed by atoms with E-state index in [4.69, 9.17) is 4.74 Å². The van der Waals surface area contributed by atoms with Gasteiger partial charge in [0.2, 0.25) is 0 Å². The standard InChI is InChI=1S/C18H30N2O/c1-4-20-18(10-9-15-7-5-6-8-15)16-11-17(13-19-12-16)21-14(2)3/h11-15,18,20H,4-10H2,1-3H3. The molecule has 0 spiro atoms. The summed E-state index contributed by atoms with van der Waals surface area (Å²) in [6.07, 6.45) is 12.2. The van der Waals surface area contributed by atoms with Gasteiger partial charge in [0.05, 0.1) is 12.3 Å². The Morgan fingerprint density at radius 3 is 2.71 bits per heavy atom. The molecule has 0 saturated heterocycles. The van der Waals surface area contributed by atoms with E-state index in [1.165, 1.54) is 44.1 Å². The molecule has 0 aliphatic heterocycles. The van der Waals surface area contributed by atoms with Gasteiger partial charge in [0.25, 0.3) is 0 Å². The van der Waals surface area contributed by atoms with Crippen LogP contribution in [-0.2, 0) is 0 Å². The summed E-state index contributed by atoms with van der Waals surface area (Å²) in [5.74, 6) is 1.82. The second-order valence-electron chi connectivity index (χ2n) is 6.46. The van der Waals surface area contributed by atoms with Gasteiger partial charge >= 0.3 is 0 Å². The SMILES string of the molecule is CCNC(CCC1CCCC1)c1cncc(OC(C)C)c1. The molecule has 1 atom stereocenters. The molecule has 0 radical (unpaired) electrons. The van der Waals surface area contributed by atoms with Crippen LogP contribution in [0.4, 0.5) is 0 Å². The van der Waals surface area contributed by atoms with E-state index < -0.39 is 0 Å². The van der Waals surface area contributed by atoms with E-state index >= 15 is 0 Å². The number of nitrogens with zero attached hydrogens (tertiary/aromatic N) is 1. The Morgan fingerprint density at radius 2 is 2.05 bits per heavy atom. The maximum absolute atomic E-state index is 5.77. The van der Waals surface area contributed by atoms with Crippen LogP contribution >= 0.6 is 0 Å². The number of aromatic nitrogens is 1. The maximum atomic E-state index is 5.77. The molecule has 21 heavy (non-hydrogen) atoms. The largest absolute Gasteiger partial charge is 0.489 e. The van der Waals surface area contributed by atoms with Crippen LogP contribution in [0.5, 0.6) is 5.75 Å². The highest BCUT2D eigenvalue weighted by atomic mass is 16.5. The number of nitrogens with one attached hydrogen (secondary N) is 1. The van der Waals surface area contributed by atoms with Crippen molar-refractivity contribution in [2.45, 2.75) is 71.4 Å². The Morgan fingerprint density at radius 1 is 1.29 bits per heavy atom. The fourth-order valence-electron chi connectivity index (χ4n) is 3.30. The third-order valence-corrected chi connectivity index (χ3v) is 4.30. The Balaban J connectivity index is 1.98. The average molecular weight is 290 g/mol. The minimum Gasteiger partial charge on any atom is -0.489 e. The van der Waals surface area contributed by atoms with E-state index in [1.807, 2.05) is 12.4 Å². The van der Waals surface area contributed by atoms with E-state index in [-0.39, 0.29) is 6.10 Å². The lowest BCUT2D eigenvalue weighted by molar-refractivity contribution is 0.241. The first-order valence-corrected chi connectivity index (χ1v) is 8.54. The molecule has 1 unspecified atom stereocenters. The van der Waals surface area contributed by atoms with Crippen molar-refractivity contribution < 1.29 is 4.74 Å². The maximum Gasteiger partial charge on any atom is 0.138 e. The van der Waals surface area contributed by atoms with Gasteiger partial charge < -0.3 is 10.1 Å². The first-order valence-electron chi connectivity index (χ1n) is 8.54. The van der Waals surface area contributed by atoms with E-state index in [9.17, 15) is 0 Å². The number of rotatable bonds is 8. The number of ether oxygens (including phenoxy) is 1. The number of hydrogen-bond acceptors (Lipinski definition) is 3. The van der Waals surface area contributed by atoms with Gasteiger partial charge in [-0.3, -0.25) is 4.98 Å². The minimum atomic E-state index is 0.193. The molecule has 1 aliphatic rings.